The Kier molecular flexibility index (Phi) is 8.31. The Balaban J connectivity index is 2.44. The first-order chi connectivity index (χ1) is 9.27. The molecule has 0 aliphatic heterocycles. The molecular formula is C15H20BrNO2. The maximum atomic E-state index is 5.66. The molecular weight excluding hydrogens is 306 g/mol. The zero-order chi connectivity index (χ0) is 13.9. The molecule has 0 atom stereocenters. The molecule has 1 aromatic carbocycles. The number of halogens is 1. The molecule has 104 valence electrons. The standard InChI is InChI=1S/C15H20BrNO2/c1-3-4-5-9-19-14-6-7-15(16)13(11-14)12-17-8-10-18-2/h1,6-7,11,17H,4-5,8-10,12H2,2H3. The Morgan fingerprint density at radius 3 is 2.95 bits per heavy atom. The molecule has 0 radical (unpaired) electrons. The van der Waals surface area contributed by atoms with Crippen LogP contribution >= 0.6 is 15.9 Å². The van der Waals surface area contributed by atoms with Crippen LogP contribution in [0.25, 0.3) is 0 Å². The van der Waals surface area contributed by atoms with E-state index in [1.54, 1.807) is 7.11 Å². The quantitative estimate of drug-likeness (QED) is 0.559. The number of terminal acetylenes is 1. The van der Waals surface area contributed by atoms with Crippen LogP contribution in [-0.4, -0.2) is 26.9 Å². The zero-order valence-corrected chi connectivity index (χ0v) is 12.8. The number of nitrogens with one attached hydrogen (secondary N) is 1. The topological polar surface area (TPSA) is 30.5 Å². The van der Waals surface area contributed by atoms with Crippen LogP contribution in [-0.2, 0) is 11.3 Å². The first kappa shape index (κ1) is 16.0. The van der Waals surface area contributed by atoms with E-state index in [-0.39, 0.29) is 0 Å². The van der Waals surface area contributed by atoms with E-state index in [2.05, 4.69) is 27.2 Å². The molecule has 0 fully saturated rings. The number of methoxy groups -OCH3 is 1. The first-order valence-electron chi connectivity index (χ1n) is 6.32. The largest absolute Gasteiger partial charge is 0.494 e. The van der Waals surface area contributed by atoms with Gasteiger partial charge in [0.15, 0.2) is 0 Å². The van der Waals surface area contributed by atoms with Gasteiger partial charge in [0.05, 0.1) is 13.2 Å². The van der Waals surface area contributed by atoms with Crippen molar-refractivity contribution in [3.8, 4) is 18.1 Å². The SMILES string of the molecule is C#CCCCOc1ccc(Br)c(CNCCOC)c1. The van der Waals surface area contributed by atoms with Crippen molar-refractivity contribution in [2.75, 3.05) is 26.9 Å². The summed E-state index contributed by atoms with van der Waals surface area (Å²) >= 11 is 3.54. The molecule has 0 saturated heterocycles. The number of unbranched alkanes of at least 4 members (excludes halogenated alkanes) is 1. The molecule has 1 rings (SSSR count). The summed E-state index contributed by atoms with van der Waals surface area (Å²) in [6.45, 7) is 2.98. The van der Waals surface area contributed by atoms with E-state index in [9.17, 15) is 0 Å². The lowest BCUT2D eigenvalue weighted by molar-refractivity contribution is 0.199. The normalized spacial score (nSPS) is 10.2. The fourth-order valence-corrected chi connectivity index (χ4v) is 1.92. The van der Waals surface area contributed by atoms with Crippen LogP contribution in [0.3, 0.4) is 0 Å². The minimum absolute atomic E-state index is 0.655. The van der Waals surface area contributed by atoms with Gasteiger partial charge in [-0.2, -0.15) is 0 Å². The fourth-order valence-electron chi connectivity index (χ4n) is 1.54. The lowest BCUT2D eigenvalue weighted by Gasteiger charge is -2.10. The number of hydrogen-bond donors (Lipinski definition) is 1. The van der Waals surface area contributed by atoms with Gasteiger partial charge in [0.25, 0.3) is 0 Å². The molecule has 1 aromatic rings. The third-order valence-corrected chi connectivity index (χ3v) is 3.32. The van der Waals surface area contributed by atoms with Crippen LogP contribution in [0.4, 0.5) is 0 Å². The molecule has 0 aliphatic carbocycles. The first-order valence-corrected chi connectivity index (χ1v) is 7.11. The van der Waals surface area contributed by atoms with Gasteiger partial charge in [-0.1, -0.05) is 15.9 Å². The van der Waals surface area contributed by atoms with Gasteiger partial charge in [0.1, 0.15) is 5.75 Å². The Bertz CT molecular complexity index is 415. The summed E-state index contributed by atoms with van der Waals surface area (Å²) in [5, 5.41) is 3.31. The molecule has 19 heavy (non-hydrogen) atoms. The second-order valence-corrected chi connectivity index (χ2v) is 4.93. The lowest BCUT2D eigenvalue weighted by Crippen LogP contribution is -2.18. The maximum Gasteiger partial charge on any atom is 0.119 e. The molecule has 0 spiro atoms. The second-order valence-electron chi connectivity index (χ2n) is 4.08. The highest BCUT2D eigenvalue weighted by atomic mass is 79.9. The van der Waals surface area contributed by atoms with E-state index >= 15 is 0 Å². The fraction of sp³-hybridized carbons (Fsp3) is 0.467. The minimum Gasteiger partial charge on any atom is -0.494 e. The van der Waals surface area contributed by atoms with Crippen molar-refractivity contribution in [3.05, 3.63) is 28.2 Å². The summed E-state index contributed by atoms with van der Waals surface area (Å²) in [7, 11) is 1.70. The second kappa shape index (κ2) is 9.85. The number of rotatable bonds is 9. The molecule has 0 unspecified atom stereocenters. The van der Waals surface area contributed by atoms with Crippen molar-refractivity contribution in [3.63, 3.8) is 0 Å². The van der Waals surface area contributed by atoms with E-state index < -0.39 is 0 Å². The van der Waals surface area contributed by atoms with Gasteiger partial charge < -0.3 is 14.8 Å². The Morgan fingerprint density at radius 2 is 2.21 bits per heavy atom. The van der Waals surface area contributed by atoms with Gasteiger partial charge in [-0.05, 0) is 30.2 Å². The molecule has 1 N–H and O–H groups in total. The predicted molar refractivity (Wildman–Crippen MR) is 81.3 cm³/mol. The summed E-state index contributed by atoms with van der Waals surface area (Å²) in [5.41, 5.74) is 1.17. The number of ether oxygens (including phenoxy) is 2. The molecule has 0 heterocycles. The monoisotopic (exact) mass is 325 g/mol. The molecule has 0 amide bonds. The van der Waals surface area contributed by atoms with Crippen LogP contribution in [0.15, 0.2) is 22.7 Å². The Labute approximate surface area is 123 Å². The van der Waals surface area contributed by atoms with Gasteiger partial charge in [0, 0.05) is 31.1 Å². The summed E-state index contributed by atoms with van der Waals surface area (Å²) in [6, 6.07) is 6.00. The van der Waals surface area contributed by atoms with Gasteiger partial charge in [-0.3, -0.25) is 0 Å². The van der Waals surface area contributed by atoms with Crippen LogP contribution in [0.1, 0.15) is 18.4 Å². The summed E-state index contributed by atoms with van der Waals surface area (Å²) < 4.78 is 11.7. The van der Waals surface area contributed by atoms with E-state index in [0.29, 0.717) is 13.2 Å². The Morgan fingerprint density at radius 1 is 1.37 bits per heavy atom. The molecule has 3 nitrogen and oxygen atoms in total. The molecule has 0 aromatic heterocycles. The van der Waals surface area contributed by atoms with Crippen LogP contribution in [0.2, 0.25) is 0 Å². The van der Waals surface area contributed by atoms with E-state index in [0.717, 1.165) is 36.2 Å². The van der Waals surface area contributed by atoms with Gasteiger partial charge in [0.2, 0.25) is 0 Å². The highest BCUT2D eigenvalue weighted by Crippen LogP contribution is 2.22. The number of benzene rings is 1. The zero-order valence-electron chi connectivity index (χ0n) is 11.2. The van der Waals surface area contributed by atoms with Crippen LogP contribution in [0, 0.1) is 12.3 Å². The average molecular weight is 326 g/mol. The van der Waals surface area contributed by atoms with Gasteiger partial charge in [-0.25, -0.2) is 0 Å². The summed E-state index contributed by atoms with van der Waals surface area (Å²) in [5.74, 6) is 3.48. The van der Waals surface area contributed by atoms with Crippen molar-refractivity contribution < 1.29 is 9.47 Å². The molecule has 0 aliphatic rings. The van der Waals surface area contributed by atoms with E-state index in [4.69, 9.17) is 15.9 Å². The highest BCUT2D eigenvalue weighted by Gasteiger charge is 2.02. The molecule has 0 bridgehead atoms. The highest BCUT2D eigenvalue weighted by molar-refractivity contribution is 9.10. The number of hydrogen-bond acceptors (Lipinski definition) is 3. The predicted octanol–water partition coefficient (Wildman–Crippen LogP) is 2.98. The van der Waals surface area contributed by atoms with Crippen molar-refractivity contribution in [1.29, 1.82) is 0 Å². The summed E-state index contributed by atoms with van der Waals surface area (Å²) in [6.07, 6.45) is 6.84. The van der Waals surface area contributed by atoms with E-state index in [1.807, 2.05) is 18.2 Å². The Hall–Kier alpha value is -1.02. The van der Waals surface area contributed by atoms with Gasteiger partial charge >= 0.3 is 0 Å². The van der Waals surface area contributed by atoms with Crippen LogP contribution in [0.5, 0.6) is 5.75 Å². The van der Waals surface area contributed by atoms with Crippen molar-refractivity contribution in [2.45, 2.75) is 19.4 Å². The third-order valence-electron chi connectivity index (χ3n) is 2.55. The summed E-state index contributed by atoms with van der Waals surface area (Å²) in [4.78, 5) is 0. The smallest absolute Gasteiger partial charge is 0.119 e. The lowest BCUT2D eigenvalue weighted by atomic mass is 10.2. The van der Waals surface area contributed by atoms with Gasteiger partial charge in [-0.15, -0.1) is 12.3 Å². The van der Waals surface area contributed by atoms with Crippen molar-refractivity contribution in [2.24, 2.45) is 0 Å². The maximum absolute atomic E-state index is 5.66. The third kappa shape index (κ3) is 6.63. The molecule has 4 heteroatoms. The van der Waals surface area contributed by atoms with E-state index in [1.165, 1.54) is 5.56 Å². The molecule has 0 saturated carbocycles. The van der Waals surface area contributed by atoms with Crippen LogP contribution < -0.4 is 10.1 Å². The van der Waals surface area contributed by atoms with Crippen molar-refractivity contribution in [1.82, 2.24) is 5.32 Å². The van der Waals surface area contributed by atoms with Crippen molar-refractivity contribution >= 4 is 15.9 Å². The average Bonchev–Trinajstić information content (AvgIpc) is 2.42. The minimum atomic E-state index is 0.655.